The van der Waals surface area contributed by atoms with E-state index in [1.165, 1.54) is 29.0 Å². The lowest BCUT2D eigenvalue weighted by molar-refractivity contribution is -0.122. The van der Waals surface area contributed by atoms with Crippen molar-refractivity contribution in [3.63, 3.8) is 0 Å². The minimum atomic E-state index is -3.89. The van der Waals surface area contributed by atoms with E-state index in [0.717, 1.165) is 5.56 Å². The van der Waals surface area contributed by atoms with Crippen molar-refractivity contribution in [2.45, 2.75) is 37.6 Å². The molecule has 0 aliphatic rings. The van der Waals surface area contributed by atoms with Crippen molar-refractivity contribution in [1.82, 2.24) is 14.8 Å². The average Bonchev–Trinajstić information content (AvgIpc) is 2.55. The number of pyridine rings is 1. The number of benzene rings is 1. The van der Waals surface area contributed by atoms with Gasteiger partial charge in [-0.2, -0.15) is 0 Å². The molecule has 0 aliphatic heterocycles. The molecule has 0 saturated carbocycles. The molecule has 0 unspecified atom stereocenters. The molecular formula is C17H21N3O4S. The highest BCUT2D eigenvalue weighted by atomic mass is 32.2. The van der Waals surface area contributed by atoms with Crippen LogP contribution in [0.25, 0.3) is 0 Å². The Balaban J connectivity index is 2.03. The summed E-state index contributed by atoms with van der Waals surface area (Å²) in [6, 6.07) is 10.9. The van der Waals surface area contributed by atoms with Gasteiger partial charge < -0.3 is 4.57 Å². The van der Waals surface area contributed by atoms with Crippen molar-refractivity contribution in [2.75, 3.05) is 0 Å². The highest BCUT2D eigenvalue weighted by molar-refractivity contribution is 7.89. The van der Waals surface area contributed by atoms with Gasteiger partial charge in [-0.3, -0.25) is 15.0 Å². The van der Waals surface area contributed by atoms with Gasteiger partial charge in [-0.05, 0) is 29.2 Å². The van der Waals surface area contributed by atoms with E-state index in [9.17, 15) is 18.0 Å². The number of rotatable bonds is 5. The zero-order valence-corrected chi connectivity index (χ0v) is 15.1. The number of hydrogen-bond acceptors (Lipinski definition) is 4. The van der Waals surface area contributed by atoms with E-state index < -0.39 is 15.9 Å². The highest BCUT2D eigenvalue weighted by Crippen LogP contribution is 2.23. The Morgan fingerprint density at radius 1 is 1.08 bits per heavy atom. The van der Waals surface area contributed by atoms with Crippen LogP contribution in [0.4, 0.5) is 0 Å². The van der Waals surface area contributed by atoms with E-state index in [2.05, 4.69) is 5.43 Å². The quantitative estimate of drug-likeness (QED) is 0.779. The molecule has 2 aromatic rings. The zero-order valence-electron chi connectivity index (χ0n) is 14.3. The lowest BCUT2D eigenvalue weighted by Crippen LogP contribution is -2.44. The first-order valence-electron chi connectivity index (χ1n) is 7.66. The second-order valence-electron chi connectivity index (χ2n) is 6.59. The van der Waals surface area contributed by atoms with Crippen molar-refractivity contribution in [3.8, 4) is 0 Å². The smallest absolute Gasteiger partial charge is 0.257 e. The number of sulfonamides is 1. The Kier molecular flexibility index (Phi) is 5.44. The standard InChI is InChI=1S/C17H21N3O4S/c1-17(2,3)13-7-9-14(10-8-13)25(23,24)19-18-15(21)12-20-11-5-4-6-16(20)22/h4-11,19H,12H2,1-3H3,(H,18,21). The van der Waals surface area contributed by atoms with Crippen LogP contribution < -0.4 is 15.8 Å². The number of aromatic nitrogens is 1. The number of amides is 1. The molecule has 1 aromatic carbocycles. The third-order valence-corrected chi connectivity index (χ3v) is 4.83. The van der Waals surface area contributed by atoms with Crippen molar-refractivity contribution >= 4 is 15.9 Å². The van der Waals surface area contributed by atoms with Gasteiger partial charge in [0.05, 0.1) is 4.90 Å². The minimum Gasteiger partial charge on any atom is -0.306 e. The summed E-state index contributed by atoms with van der Waals surface area (Å²) in [5, 5.41) is 0. The lowest BCUT2D eigenvalue weighted by atomic mass is 9.87. The first kappa shape index (κ1) is 18.9. The van der Waals surface area contributed by atoms with Gasteiger partial charge in [0.2, 0.25) is 0 Å². The monoisotopic (exact) mass is 363 g/mol. The first-order chi connectivity index (χ1) is 11.6. The fourth-order valence-corrected chi connectivity index (χ4v) is 2.96. The normalized spacial score (nSPS) is 12.0. The Morgan fingerprint density at radius 2 is 1.72 bits per heavy atom. The largest absolute Gasteiger partial charge is 0.306 e. The lowest BCUT2D eigenvalue weighted by Gasteiger charge is -2.19. The van der Waals surface area contributed by atoms with E-state index in [0.29, 0.717) is 0 Å². The van der Waals surface area contributed by atoms with E-state index in [1.807, 2.05) is 25.6 Å². The summed E-state index contributed by atoms with van der Waals surface area (Å²) in [6.07, 6.45) is 1.45. The Bertz CT molecular complexity index is 910. The predicted molar refractivity (Wildman–Crippen MR) is 94.3 cm³/mol. The van der Waals surface area contributed by atoms with E-state index >= 15 is 0 Å². The van der Waals surface area contributed by atoms with Crippen LogP contribution in [0.5, 0.6) is 0 Å². The topological polar surface area (TPSA) is 97.3 Å². The number of carbonyl (C=O) groups is 1. The van der Waals surface area contributed by atoms with Crippen molar-refractivity contribution in [3.05, 3.63) is 64.6 Å². The summed E-state index contributed by atoms with van der Waals surface area (Å²) in [5.74, 6) is -0.650. The summed E-state index contributed by atoms with van der Waals surface area (Å²) in [4.78, 5) is 25.4. The first-order valence-corrected chi connectivity index (χ1v) is 9.14. The Morgan fingerprint density at radius 3 is 2.28 bits per heavy atom. The second-order valence-corrected chi connectivity index (χ2v) is 8.28. The zero-order chi connectivity index (χ0) is 18.7. The molecule has 8 heteroatoms. The third-order valence-electron chi connectivity index (χ3n) is 3.57. The maximum Gasteiger partial charge on any atom is 0.257 e. The van der Waals surface area contributed by atoms with Gasteiger partial charge in [-0.15, -0.1) is 4.83 Å². The molecule has 0 radical (unpaired) electrons. The van der Waals surface area contributed by atoms with Crippen LogP contribution in [0.2, 0.25) is 0 Å². The molecule has 0 bridgehead atoms. The summed E-state index contributed by atoms with van der Waals surface area (Å²) >= 11 is 0. The van der Waals surface area contributed by atoms with E-state index in [4.69, 9.17) is 0 Å². The van der Waals surface area contributed by atoms with Crippen LogP contribution in [0.3, 0.4) is 0 Å². The van der Waals surface area contributed by atoms with E-state index in [1.54, 1.807) is 24.3 Å². The molecule has 2 N–H and O–H groups in total. The van der Waals surface area contributed by atoms with Crippen molar-refractivity contribution < 1.29 is 13.2 Å². The van der Waals surface area contributed by atoms with Gasteiger partial charge in [-0.1, -0.05) is 39.0 Å². The second kappa shape index (κ2) is 7.20. The number of hydrazine groups is 1. The number of hydrogen-bond donors (Lipinski definition) is 2. The van der Waals surface area contributed by atoms with Crippen molar-refractivity contribution in [1.29, 1.82) is 0 Å². The SMILES string of the molecule is CC(C)(C)c1ccc(S(=O)(=O)NNC(=O)Cn2ccccc2=O)cc1. The summed E-state index contributed by atoms with van der Waals surface area (Å²) in [7, 11) is -3.89. The number of carbonyl (C=O) groups excluding carboxylic acids is 1. The fourth-order valence-electron chi connectivity index (χ4n) is 2.10. The van der Waals surface area contributed by atoms with Crippen LogP contribution in [0.1, 0.15) is 26.3 Å². The minimum absolute atomic E-state index is 0.0395. The van der Waals surface area contributed by atoms with Gasteiger partial charge in [0, 0.05) is 12.3 Å². The molecule has 7 nitrogen and oxygen atoms in total. The predicted octanol–water partition coefficient (Wildman–Crippen LogP) is 1.16. The molecule has 0 aliphatic carbocycles. The molecule has 0 atom stereocenters. The van der Waals surface area contributed by atoms with Crippen LogP contribution in [-0.2, 0) is 26.8 Å². The Labute approximate surface area is 146 Å². The van der Waals surface area contributed by atoms with Gasteiger partial charge in [0.25, 0.3) is 21.5 Å². The maximum absolute atomic E-state index is 12.2. The maximum atomic E-state index is 12.2. The van der Waals surface area contributed by atoms with Gasteiger partial charge in [0.15, 0.2) is 0 Å². The number of nitrogens with zero attached hydrogens (tertiary/aromatic N) is 1. The average molecular weight is 363 g/mol. The van der Waals surface area contributed by atoms with Gasteiger partial charge in [-0.25, -0.2) is 8.42 Å². The van der Waals surface area contributed by atoms with Crippen LogP contribution in [0.15, 0.2) is 58.4 Å². The molecule has 1 heterocycles. The molecular weight excluding hydrogens is 342 g/mol. The van der Waals surface area contributed by atoms with Gasteiger partial charge in [0.1, 0.15) is 6.54 Å². The summed E-state index contributed by atoms with van der Waals surface area (Å²) in [5.41, 5.74) is 2.67. The van der Waals surface area contributed by atoms with Crippen LogP contribution in [0, 0.1) is 0 Å². The molecule has 1 amide bonds. The highest BCUT2D eigenvalue weighted by Gasteiger charge is 2.18. The fraction of sp³-hybridized carbons (Fsp3) is 0.294. The van der Waals surface area contributed by atoms with Crippen LogP contribution >= 0.6 is 0 Å². The van der Waals surface area contributed by atoms with Gasteiger partial charge >= 0.3 is 0 Å². The molecule has 25 heavy (non-hydrogen) atoms. The molecule has 1 aromatic heterocycles. The van der Waals surface area contributed by atoms with Crippen LogP contribution in [-0.4, -0.2) is 18.9 Å². The number of nitrogens with one attached hydrogen (secondary N) is 2. The van der Waals surface area contributed by atoms with Crippen molar-refractivity contribution in [2.24, 2.45) is 0 Å². The summed E-state index contributed by atoms with van der Waals surface area (Å²) in [6.45, 7) is 5.80. The molecule has 0 saturated heterocycles. The summed E-state index contributed by atoms with van der Waals surface area (Å²) < 4.78 is 25.6. The third kappa shape index (κ3) is 5.01. The molecule has 2 rings (SSSR count). The molecule has 0 fully saturated rings. The Hall–Kier alpha value is -2.45. The molecule has 134 valence electrons. The van der Waals surface area contributed by atoms with E-state index in [-0.39, 0.29) is 22.4 Å². The molecule has 0 spiro atoms.